The number of anilines is 1. The molecular weight excluding hydrogens is 654 g/mol. The molecule has 0 unspecified atom stereocenters. The number of nitrogens with zero attached hydrogens (tertiary/aromatic N) is 4. The van der Waals surface area contributed by atoms with Crippen LogP contribution in [0, 0.1) is 5.82 Å². The number of amides is 1. The van der Waals surface area contributed by atoms with E-state index in [1.54, 1.807) is 23.1 Å². The molecule has 3 saturated heterocycles. The molecule has 3 aliphatic rings. The molecule has 46 heavy (non-hydrogen) atoms. The molecule has 0 saturated carbocycles. The minimum Gasteiger partial charge on any atom is -0.489 e. The molecule has 2 atom stereocenters. The normalized spacial score (nSPS) is 20.7. The molecule has 0 radical (unpaired) electrons. The van der Waals surface area contributed by atoms with Crippen LogP contribution in [0.4, 0.5) is 10.1 Å². The molecule has 0 spiro atoms. The molecule has 0 aliphatic carbocycles. The quantitative estimate of drug-likeness (QED) is 0.334. The molecule has 1 amide bonds. The summed E-state index contributed by atoms with van der Waals surface area (Å²) in [5.41, 5.74) is 2.07. The Morgan fingerprint density at radius 1 is 0.935 bits per heavy atom. The van der Waals surface area contributed by atoms with Gasteiger partial charge >= 0.3 is 0 Å². The van der Waals surface area contributed by atoms with E-state index in [0.29, 0.717) is 55.7 Å². The number of aliphatic hydroxyl groups is 1. The minimum absolute atomic E-state index is 0.0634. The van der Waals surface area contributed by atoms with Gasteiger partial charge in [-0.05, 0) is 73.4 Å². The number of carbonyl (C=O) groups is 1. The van der Waals surface area contributed by atoms with Crippen molar-refractivity contribution < 1.29 is 27.4 Å². The van der Waals surface area contributed by atoms with E-state index in [-0.39, 0.29) is 46.7 Å². The zero-order valence-electron chi connectivity index (χ0n) is 25.3. The molecule has 1 N–H and O–H groups in total. The summed E-state index contributed by atoms with van der Waals surface area (Å²) in [5.74, 6) is -0.284. The zero-order valence-corrected chi connectivity index (χ0v) is 27.7. The first kappa shape index (κ1) is 33.0. The summed E-state index contributed by atoms with van der Waals surface area (Å²) >= 11 is 12.2. The van der Waals surface area contributed by atoms with E-state index >= 15 is 0 Å². The minimum atomic E-state index is -3.79. The zero-order chi connectivity index (χ0) is 32.4. The Balaban J connectivity index is 1.17. The lowest BCUT2D eigenvalue weighted by molar-refractivity contribution is 0.0717. The van der Waals surface area contributed by atoms with Crippen LogP contribution in [0.3, 0.4) is 0 Å². The Morgan fingerprint density at radius 2 is 1.63 bits per heavy atom. The predicted molar refractivity (Wildman–Crippen MR) is 176 cm³/mol. The van der Waals surface area contributed by atoms with Crippen LogP contribution >= 0.6 is 23.2 Å². The van der Waals surface area contributed by atoms with Gasteiger partial charge in [0.2, 0.25) is 10.0 Å². The maximum Gasteiger partial charge on any atom is 0.255 e. The van der Waals surface area contributed by atoms with Crippen LogP contribution in [-0.2, 0) is 16.4 Å². The van der Waals surface area contributed by atoms with Gasteiger partial charge in [-0.1, -0.05) is 35.3 Å². The van der Waals surface area contributed by atoms with E-state index in [4.69, 9.17) is 27.9 Å². The standard InChI is InChI=1S/C33H37Cl2FN4O5S/c34-24-3-1-23(2-4-24)11-12-37-13-15-39(16-14-37)46(43,44)28-8-10-32(45-18-17-41)31(20-28)40-26-6-7-27(40)22-38(21-26)33(42)29-9-5-25(36)19-30(29)35/h1-5,8-10,19-20,26-27,41H,6-7,11-18,21-22H2/t26-,27+. The first-order chi connectivity index (χ1) is 22.1. The third-order valence-corrected chi connectivity index (χ3v) is 11.5. The third-order valence-electron chi connectivity index (χ3n) is 9.09. The van der Waals surface area contributed by atoms with Gasteiger partial charge < -0.3 is 24.5 Å². The average Bonchev–Trinajstić information content (AvgIpc) is 3.31. The highest BCUT2D eigenvalue weighted by Crippen LogP contribution is 2.42. The fourth-order valence-electron chi connectivity index (χ4n) is 6.71. The van der Waals surface area contributed by atoms with Crippen molar-refractivity contribution in [2.24, 2.45) is 0 Å². The second kappa shape index (κ2) is 14.0. The number of carbonyl (C=O) groups excluding carboxylic acids is 1. The Labute approximate surface area is 279 Å². The molecule has 6 rings (SSSR count). The van der Waals surface area contributed by atoms with Crippen molar-refractivity contribution in [2.45, 2.75) is 36.2 Å². The summed E-state index contributed by atoms with van der Waals surface area (Å²) in [6.07, 6.45) is 2.47. The number of halogens is 3. The smallest absolute Gasteiger partial charge is 0.255 e. The number of likely N-dealkylation sites (tertiary alicyclic amines) is 1. The number of aliphatic hydroxyl groups excluding tert-OH is 1. The van der Waals surface area contributed by atoms with E-state index in [2.05, 4.69) is 9.80 Å². The van der Waals surface area contributed by atoms with Gasteiger partial charge in [0.15, 0.2) is 0 Å². The molecule has 3 heterocycles. The lowest BCUT2D eigenvalue weighted by Crippen LogP contribution is -2.55. The molecule has 13 heteroatoms. The lowest BCUT2D eigenvalue weighted by Gasteiger charge is -2.43. The van der Waals surface area contributed by atoms with E-state index in [1.807, 2.05) is 24.3 Å². The van der Waals surface area contributed by atoms with Crippen molar-refractivity contribution in [3.05, 3.63) is 87.7 Å². The summed E-state index contributed by atoms with van der Waals surface area (Å²) in [6, 6.07) is 16.3. The summed E-state index contributed by atoms with van der Waals surface area (Å²) in [4.78, 5) is 19.7. The first-order valence-electron chi connectivity index (χ1n) is 15.5. The van der Waals surface area contributed by atoms with E-state index in [1.165, 1.54) is 22.0 Å². The third kappa shape index (κ3) is 7.00. The summed E-state index contributed by atoms with van der Waals surface area (Å²) in [6.45, 7) is 3.56. The number of hydrogen-bond acceptors (Lipinski definition) is 7. The fourth-order valence-corrected chi connectivity index (χ4v) is 8.53. The van der Waals surface area contributed by atoms with Crippen molar-refractivity contribution in [2.75, 3.05) is 63.9 Å². The number of benzene rings is 3. The Kier molecular flexibility index (Phi) is 10.1. The van der Waals surface area contributed by atoms with Gasteiger partial charge in [0.1, 0.15) is 18.2 Å². The van der Waals surface area contributed by atoms with Crippen LogP contribution in [0.1, 0.15) is 28.8 Å². The fraction of sp³-hybridized carbons (Fsp3) is 0.424. The van der Waals surface area contributed by atoms with E-state index in [0.717, 1.165) is 31.9 Å². The number of sulfonamides is 1. The number of ether oxygens (including phenoxy) is 1. The number of rotatable bonds is 10. The summed E-state index contributed by atoms with van der Waals surface area (Å²) in [5, 5.41) is 10.2. The molecule has 2 bridgehead atoms. The second-order valence-electron chi connectivity index (χ2n) is 12.0. The molecular formula is C33H37Cl2FN4O5S. The highest BCUT2D eigenvalue weighted by atomic mass is 35.5. The predicted octanol–water partition coefficient (Wildman–Crippen LogP) is 4.55. The summed E-state index contributed by atoms with van der Waals surface area (Å²) < 4.78 is 48.8. The Bertz CT molecular complexity index is 1660. The molecule has 3 fully saturated rings. The monoisotopic (exact) mass is 690 g/mol. The first-order valence-corrected chi connectivity index (χ1v) is 17.7. The Hall–Kier alpha value is -2.93. The van der Waals surface area contributed by atoms with Crippen molar-refractivity contribution in [3.8, 4) is 5.75 Å². The van der Waals surface area contributed by atoms with Crippen molar-refractivity contribution in [1.29, 1.82) is 0 Å². The van der Waals surface area contributed by atoms with Crippen LogP contribution in [0.15, 0.2) is 65.6 Å². The van der Waals surface area contributed by atoms with Gasteiger partial charge in [-0.15, -0.1) is 0 Å². The van der Waals surface area contributed by atoms with Gasteiger partial charge in [0.25, 0.3) is 5.91 Å². The lowest BCUT2D eigenvalue weighted by atomic mass is 10.1. The highest BCUT2D eigenvalue weighted by molar-refractivity contribution is 7.89. The van der Waals surface area contributed by atoms with E-state index < -0.39 is 15.8 Å². The van der Waals surface area contributed by atoms with Crippen molar-refractivity contribution in [3.63, 3.8) is 0 Å². The van der Waals surface area contributed by atoms with Gasteiger partial charge in [-0.25, -0.2) is 12.8 Å². The van der Waals surface area contributed by atoms with Crippen LogP contribution in [-0.4, -0.2) is 105 Å². The van der Waals surface area contributed by atoms with Gasteiger partial charge in [-0.3, -0.25) is 4.79 Å². The maximum atomic E-state index is 13.9. The number of hydrogen-bond donors (Lipinski definition) is 1. The van der Waals surface area contributed by atoms with Gasteiger partial charge in [-0.2, -0.15) is 4.31 Å². The second-order valence-corrected chi connectivity index (χ2v) is 14.7. The Morgan fingerprint density at radius 3 is 2.28 bits per heavy atom. The average molecular weight is 692 g/mol. The molecule has 3 aromatic rings. The van der Waals surface area contributed by atoms with Gasteiger partial charge in [0, 0.05) is 62.9 Å². The van der Waals surface area contributed by atoms with Crippen LogP contribution in [0.2, 0.25) is 10.0 Å². The highest BCUT2D eigenvalue weighted by Gasteiger charge is 2.43. The maximum absolute atomic E-state index is 13.9. The number of piperazine rings is 2. The van der Waals surface area contributed by atoms with Crippen LogP contribution in [0.25, 0.3) is 0 Å². The molecule has 0 aromatic heterocycles. The van der Waals surface area contributed by atoms with E-state index in [9.17, 15) is 22.7 Å². The molecule has 9 nitrogen and oxygen atoms in total. The topological polar surface area (TPSA) is 93.6 Å². The van der Waals surface area contributed by atoms with Crippen molar-refractivity contribution >= 4 is 44.8 Å². The molecule has 3 aromatic carbocycles. The summed E-state index contributed by atoms with van der Waals surface area (Å²) in [7, 11) is -3.79. The van der Waals surface area contributed by atoms with Gasteiger partial charge in [0.05, 0.1) is 27.8 Å². The molecule has 246 valence electrons. The SMILES string of the molecule is O=C(c1ccc(F)cc1Cl)N1C[C@H]2CC[C@@H](C1)N2c1cc(S(=O)(=O)N2CCN(CCc3ccc(Cl)cc3)CC2)ccc1OCCO. The van der Waals surface area contributed by atoms with Crippen LogP contribution < -0.4 is 9.64 Å². The van der Waals surface area contributed by atoms with Crippen LogP contribution in [0.5, 0.6) is 5.75 Å². The van der Waals surface area contributed by atoms with Crippen molar-refractivity contribution in [1.82, 2.24) is 14.1 Å². The number of fused-ring (bicyclic) bond motifs is 2. The molecule has 3 aliphatic heterocycles. The largest absolute Gasteiger partial charge is 0.489 e.